The first-order valence-corrected chi connectivity index (χ1v) is 5.67. The second-order valence-electron chi connectivity index (χ2n) is 3.90. The zero-order valence-corrected chi connectivity index (χ0v) is 10.3. The molecule has 1 aliphatic heterocycles. The second-order valence-corrected chi connectivity index (χ2v) is 3.90. The number of methoxy groups -OCH3 is 1. The molecule has 1 aromatic carbocycles. The smallest absolute Gasteiger partial charge is 0.171 e. The summed E-state index contributed by atoms with van der Waals surface area (Å²) in [5.41, 5.74) is 0.279. The van der Waals surface area contributed by atoms with Crippen LogP contribution in [0.2, 0.25) is 0 Å². The minimum absolute atomic E-state index is 0.0120. The maximum Gasteiger partial charge on any atom is 0.171 e. The number of hydrogen-bond donors (Lipinski definition) is 2. The predicted octanol–water partition coefficient (Wildman–Crippen LogP) is 0.858. The van der Waals surface area contributed by atoms with Gasteiger partial charge in [-0.15, -0.1) is 0 Å². The highest BCUT2D eigenvalue weighted by Gasteiger charge is 2.28. The van der Waals surface area contributed by atoms with Crippen LogP contribution >= 0.6 is 0 Å². The van der Waals surface area contributed by atoms with Crippen molar-refractivity contribution in [2.45, 2.75) is 6.10 Å². The molecule has 1 atom stereocenters. The van der Waals surface area contributed by atoms with Crippen molar-refractivity contribution in [3.63, 3.8) is 0 Å². The lowest BCUT2D eigenvalue weighted by atomic mass is 10.0. The quantitative estimate of drug-likeness (QED) is 0.837. The molecule has 0 aliphatic carbocycles. The van der Waals surface area contributed by atoms with E-state index in [9.17, 15) is 9.50 Å². The molecule has 0 bridgehead atoms. The summed E-state index contributed by atoms with van der Waals surface area (Å²) in [7, 11) is 3.04. The highest BCUT2D eigenvalue weighted by Crippen LogP contribution is 2.44. The number of rotatable bonds is 4. The summed E-state index contributed by atoms with van der Waals surface area (Å²) in [4.78, 5) is 0. The van der Waals surface area contributed by atoms with E-state index < -0.39 is 11.9 Å². The number of benzene rings is 1. The first kappa shape index (κ1) is 12.9. The van der Waals surface area contributed by atoms with Crippen LogP contribution in [-0.4, -0.2) is 39.0 Å². The van der Waals surface area contributed by atoms with Gasteiger partial charge in [-0.05, 0) is 7.05 Å². The van der Waals surface area contributed by atoms with Crippen molar-refractivity contribution in [1.29, 1.82) is 0 Å². The van der Waals surface area contributed by atoms with E-state index in [0.717, 1.165) is 0 Å². The third-order valence-corrected chi connectivity index (χ3v) is 2.71. The van der Waals surface area contributed by atoms with E-state index in [-0.39, 0.29) is 17.9 Å². The minimum atomic E-state index is -0.934. The summed E-state index contributed by atoms with van der Waals surface area (Å²) in [6, 6.07) is 1.21. The fraction of sp³-hybridized carbons (Fsp3) is 0.500. The van der Waals surface area contributed by atoms with Gasteiger partial charge >= 0.3 is 0 Å². The Morgan fingerprint density at radius 3 is 2.89 bits per heavy atom. The van der Waals surface area contributed by atoms with E-state index in [1.54, 1.807) is 7.05 Å². The molecule has 5 nitrogen and oxygen atoms in total. The largest absolute Gasteiger partial charge is 0.493 e. The molecule has 0 fully saturated rings. The number of fused-ring (bicyclic) bond motifs is 1. The molecule has 6 heteroatoms. The first-order chi connectivity index (χ1) is 8.69. The third-order valence-electron chi connectivity index (χ3n) is 2.71. The number of aliphatic hydroxyl groups is 1. The second kappa shape index (κ2) is 5.41. The molecule has 18 heavy (non-hydrogen) atoms. The fourth-order valence-corrected chi connectivity index (χ4v) is 1.97. The Bertz CT molecular complexity index is 439. The first-order valence-electron chi connectivity index (χ1n) is 5.67. The van der Waals surface area contributed by atoms with Crippen molar-refractivity contribution < 1.29 is 23.7 Å². The van der Waals surface area contributed by atoms with E-state index >= 15 is 0 Å². The normalized spacial score (nSPS) is 15.3. The van der Waals surface area contributed by atoms with Gasteiger partial charge in [0.2, 0.25) is 0 Å². The monoisotopic (exact) mass is 257 g/mol. The number of hydrogen-bond acceptors (Lipinski definition) is 5. The van der Waals surface area contributed by atoms with E-state index in [1.165, 1.54) is 13.2 Å². The molecule has 2 rings (SSSR count). The SMILES string of the molecule is CNCC(O)c1c(OC)c(F)cc2c1OCCO2. The Morgan fingerprint density at radius 2 is 2.22 bits per heavy atom. The van der Waals surface area contributed by atoms with E-state index in [2.05, 4.69) is 5.32 Å². The Labute approximate surface area is 104 Å². The zero-order valence-electron chi connectivity index (χ0n) is 10.3. The maximum atomic E-state index is 13.8. The van der Waals surface area contributed by atoms with Crippen molar-refractivity contribution in [3.8, 4) is 17.2 Å². The number of aliphatic hydroxyl groups excluding tert-OH is 1. The van der Waals surface area contributed by atoms with E-state index in [0.29, 0.717) is 24.7 Å². The molecule has 0 saturated carbocycles. The molecule has 1 aliphatic rings. The summed E-state index contributed by atoms with van der Waals surface area (Å²) in [5, 5.41) is 12.9. The molecule has 1 heterocycles. The molecular formula is C12H16FNO4. The average molecular weight is 257 g/mol. The van der Waals surface area contributed by atoms with Crippen LogP contribution in [0.1, 0.15) is 11.7 Å². The Kier molecular flexibility index (Phi) is 3.88. The summed E-state index contributed by atoms with van der Waals surface area (Å²) >= 11 is 0. The van der Waals surface area contributed by atoms with Crippen LogP contribution in [0, 0.1) is 5.82 Å². The minimum Gasteiger partial charge on any atom is -0.493 e. The lowest BCUT2D eigenvalue weighted by Gasteiger charge is -2.25. The van der Waals surface area contributed by atoms with Crippen molar-refractivity contribution in [1.82, 2.24) is 5.32 Å². The van der Waals surface area contributed by atoms with Crippen LogP contribution in [0.25, 0.3) is 0 Å². The average Bonchev–Trinajstić information content (AvgIpc) is 2.37. The fourth-order valence-electron chi connectivity index (χ4n) is 1.97. The van der Waals surface area contributed by atoms with Crippen molar-refractivity contribution in [2.75, 3.05) is 33.9 Å². The van der Waals surface area contributed by atoms with Gasteiger partial charge in [-0.3, -0.25) is 0 Å². The van der Waals surface area contributed by atoms with Crippen LogP contribution in [0.4, 0.5) is 4.39 Å². The van der Waals surface area contributed by atoms with Gasteiger partial charge < -0.3 is 24.6 Å². The molecule has 1 aromatic rings. The van der Waals surface area contributed by atoms with Gasteiger partial charge in [0.1, 0.15) is 13.2 Å². The van der Waals surface area contributed by atoms with Crippen LogP contribution < -0.4 is 19.5 Å². The van der Waals surface area contributed by atoms with Crippen LogP contribution in [0.5, 0.6) is 17.2 Å². The van der Waals surface area contributed by atoms with Gasteiger partial charge in [-0.2, -0.15) is 0 Å². The molecule has 100 valence electrons. The lowest BCUT2D eigenvalue weighted by molar-refractivity contribution is 0.140. The summed E-state index contributed by atoms with van der Waals surface area (Å²) in [6.07, 6.45) is -0.934. The Morgan fingerprint density at radius 1 is 1.50 bits per heavy atom. The number of halogens is 1. The van der Waals surface area contributed by atoms with E-state index in [4.69, 9.17) is 14.2 Å². The summed E-state index contributed by atoms with van der Waals surface area (Å²) < 4.78 is 29.6. The Hall–Kier alpha value is -1.53. The molecule has 2 N–H and O–H groups in total. The van der Waals surface area contributed by atoms with Crippen molar-refractivity contribution >= 4 is 0 Å². The van der Waals surface area contributed by atoms with Gasteiger partial charge in [0.25, 0.3) is 0 Å². The third kappa shape index (κ3) is 2.21. The zero-order chi connectivity index (χ0) is 13.1. The number of likely N-dealkylation sites (N-methyl/N-ethyl adjacent to an activating group) is 1. The van der Waals surface area contributed by atoms with Crippen molar-refractivity contribution in [2.24, 2.45) is 0 Å². The molecule has 0 radical (unpaired) electrons. The molecule has 0 amide bonds. The van der Waals surface area contributed by atoms with E-state index in [1.807, 2.05) is 0 Å². The topological polar surface area (TPSA) is 60.0 Å². The lowest BCUT2D eigenvalue weighted by Crippen LogP contribution is -2.22. The van der Waals surface area contributed by atoms with Crippen LogP contribution in [0.15, 0.2) is 6.07 Å². The maximum absolute atomic E-state index is 13.8. The molecule has 0 aromatic heterocycles. The molecule has 0 spiro atoms. The Balaban J connectivity index is 2.54. The van der Waals surface area contributed by atoms with Gasteiger partial charge in [0, 0.05) is 12.6 Å². The van der Waals surface area contributed by atoms with Crippen LogP contribution in [0.3, 0.4) is 0 Å². The van der Waals surface area contributed by atoms with Gasteiger partial charge in [0.05, 0.1) is 18.8 Å². The molecule has 0 saturated heterocycles. The van der Waals surface area contributed by atoms with Crippen molar-refractivity contribution in [3.05, 3.63) is 17.4 Å². The van der Waals surface area contributed by atoms with Gasteiger partial charge in [0.15, 0.2) is 23.1 Å². The molecular weight excluding hydrogens is 241 g/mol. The van der Waals surface area contributed by atoms with Crippen LogP contribution in [-0.2, 0) is 0 Å². The predicted molar refractivity (Wildman–Crippen MR) is 62.8 cm³/mol. The summed E-state index contributed by atoms with van der Waals surface area (Å²) in [5.74, 6) is 0.0563. The standard InChI is InChI=1S/C12H16FNO4/c1-14-6-8(15)10-11(16-2)7(13)5-9-12(10)18-4-3-17-9/h5,8,14-15H,3-4,6H2,1-2H3. The van der Waals surface area contributed by atoms with Gasteiger partial charge in [-0.25, -0.2) is 4.39 Å². The summed E-state index contributed by atoms with van der Waals surface area (Å²) in [6.45, 7) is 0.983. The highest BCUT2D eigenvalue weighted by atomic mass is 19.1. The van der Waals surface area contributed by atoms with Gasteiger partial charge in [-0.1, -0.05) is 0 Å². The number of nitrogens with one attached hydrogen (secondary N) is 1. The molecule has 1 unspecified atom stereocenters. The highest BCUT2D eigenvalue weighted by molar-refractivity contribution is 5.56. The number of ether oxygens (including phenoxy) is 3.